The van der Waals surface area contributed by atoms with Crippen LogP contribution in [0.4, 0.5) is 5.82 Å². The molecule has 6 rings (SSSR count). The summed E-state index contributed by atoms with van der Waals surface area (Å²) in [6, 6.07) is 6.35. The van der Waals surface area contributed by atoms with Crippen molar-refractivity contribution in [1.82, 2.24) is 29.5 Å². The van der Waals surface area contributed by atoms with Crippen LogP contribution in [-0.4, -0.2) is 48.4 Å². The van der Waals surface area contributed by atoms with E-state index in [0.29, 0.717) is 18.8 Å². The first-order valence-electron chi connectivity index (χ1n) is 12.4. The van der Waals surface area contributed by atoms with E-state index in [0.717, 1.165) is 77.1 Å². The number of nitrogens with zero attached hydrogens (tertiary/aromatic N) is 6. The van der Waals surface area contributed by atoms with Crippen molar-refractivity contribution in [3.8, 4) is 0 Å². The fourth-order valence-corrected chi connectivity index (χ4v) is 5.52. The van der Waals surface area contributed by atoms with Crippen molar-refractivity contribution in [2.24, 2.45) is 0 Å². The highest BCUT2D eigenvalue weighted by molar-refractivity contribution is 5.95. The van der Waals surface area contributed by atoms with Gasteiger partial charge in [0.05, 0.1) is 5.69 Å². The molecule has 4 heterocycles. The van der Waals surface area contributed by atoms with Gasteiger partial charge >= 0.3 is 0 Å². The number of hydrogen-bond acceptors (Lipinski definition) is 6. The third kappa shape index (κ3) is 3.72. The monoisotopic (exact) mass is 469 g/mol. The second-order valence-electron chi connectivity index (χ2n) is 10.5. The van der Waals surface area contributed by atoms with Crippen molar-refractivity contribution in [1.29, 1.82) is 0 Å². The maximum Gasteiger partial charge on any atom is 0.198 e. The van der Waals surface area contributed by atoms with Crippen molar-refractivity contribution < 1.29 is 4.79 Å². The zero-order valence-electron chi connectivity index (χ0n) is 20.8. The molecule has 0 saturated carbocycles. The molecular formula is C27H31N7O. The lowest BCUT2D eigenvalue weighted by Gasteiger charge is -2.31. The minimum absolute atomic E-state index is 0.285. The van der Waals surface area contributed by atoms with Gasteiger partial charge in [-0.15, -0.1) is 0 Å². The Balaban J connectivity index is 1.21. The highest BCUT2D eigenvalue weighted by Crippen LogP contribution is 2.36. The number of H-pyrrole nitrogens is 1. The van der Waals surface area contributed by atoms with E-state index in [-0.39, 0.29) is 5.78 Å². The van der Waals surface area contributed by atoms with E-state index in [9.17, 15) is 4.79 Å². The van der Waals surface area contributed by atoms with E-state index < -0.39 is 5.41 Å². The van der Waals surface area contributed by atoms with Crippen molar-refractivity contribution in [3.63, 3.8) is 0 Å². The summed E-state index contributed by atoms with van der Waals surface area (Å²) in [5.41, 5.74) is 6.05. The van der Waals surface area contributed by atoms with E-state index in [1.54, 1.807) is 6.20 Å². The van der Waals surface area contributed by atoms with Gasteiger partial charge in [0, 0.05) is 55.4 Å². The lowest BCUT2D eigenvalue weighted by molar-refractivity contribution is -0.121. The fraction of sp³-hybridized carbons (Fsp3) is 0.444. The zero-order valence-corrected chi connectivity index (χ0v) is 20.8. The Morgan fingerprint density at radius 2 is 1.94 bits per heavy atom. The summed E-state index contributed by atoms with van der Waals surface area (Å²) in [6.07, 6.45) is 6.86. The summed E-state index contributed by atoms with van der Waals surface area (Å²) < 4.78 is 1.84. The molecule has 1 saturated heterocycles. The Kier molecular flexibility index (Phi) is 5.02. The second-order valence-corrected chi connectivity index (χ2v) is 10.5. The summed E-state index contributed by atoms with van der Waals surface area (Å²) in [7, 11) is 0. The number of aryl methyl sites for hydroxylation is 2. The molecule has 35 heavy (non-hydrogen) atoms. The number of nitrogens with one attached hydrogen (secondary N) is 1. The van der Waals surface area contributed by atoms with Crippen molar-refractivity contribution in [2.45, 2.75) is 64.7 Å². The molecule has 0 atom stereocenters. The lowest BCUT2D eigenvalue weighted by atomic mass is 9.85. The summed E-state index contributed by atoms with van der Waals surface area (Å²) in [5, 5.41) is 4.73. The van der Waals surface area contributed by atoms with Gasteiger partial charge in [-0.2, -0.15) is 5.10 Å². The van der Waals surface area contributed by atoms with Crippen LogP contribution in [0.5, 0.6) is 0 Å². The molecule has 3 aromatic heterocycles. The normalized spacial score (nSPS) is 17.9. The average molecular weight is 470 g/mol. The van der Waals surface area contributed by atoms with E-state index in [1.807, 2.05) is 24.6 Å². The first-order valence-corrected chi connectivity index (χ1v) is 12.4. The van der Waals surface area contributed by atoms with Crippen LogP contribution in [0.15, 0.2) is 30.6 Å². The summed E-state index contributed by atoms with van der Waals surface area (Å²) in [5.74, 6) is 3.49. The third-order valence-electron chi connectivity index (χ3n) is 7.86. The molecule has 4 aromatic rings. The van der Waals surface area contributed by atoms with Gasteiger partial charge in [-0.05, 0) is 57.2 Å². The Morgan fingerprint density at radius 1 is 1.14 bits per heavy atom. The first-order chi connectivity index (χ1) is 16.8. The molecule has 0 radical (unpaired) electrons. The smallest absolute Gasteiger partial charge is 0.198 e. The minimum Gasteiger partial charge on any atom is -0.353 e. The fourth-order valence-electron chi connectivity index (χ4n) is 5.52. The summed E-state index contributed by atoms with van der Waals surface area (Å²) in [4.78, 5) is 32.5. The molecule has 0 amide bonds. The van der Waals surface area contributed by atoms with E-state index in [1.165, 1.54) is 0 Å². The lowest BCUT2D eigenvalue weighted by Crippen LogP contribution is -2.34. The molecule has 1 fully saturated rings. The maximum atomic E-state index is 12.4. The Labute approximate surface area is 204 Å². The van der Waals surface area contributed by atoms with Gasteiger partial charge in [-0.3, -0.25) is 4.79 Å². The van der Waals surface area contributed by atoms with Crippen LogP contribution < -0.4 is 4.90 Å². The molecule has 0 unspecified atom stereocenters. The van der Waals surface area contributed by atoms with Gasteiger partial charge in [0.25, 0.3) is 0 Å². The standard InChI is InChI=1S/C27H31N7O/c1-16-17(2)30-24(29-16)19-7-10-33(11-8-19)25-26-31-23(32-34(26)12-9-28-25)14-18-5-6-21-20(13-18)15-22(35)27(21,3)4/h5-6,9,12-13,19H,7-8,10-11,14-15H2,1-4H3,(H,29,30). The predicted molar refractivity (Wildman–Crippen MR) is 134 cm³/mol. The van der Waals surface area contributed by atoms with Gasteiger partial charge in [0.15, 0.2) is 17.3 Å². The van der Waals surface area contributed by atoms with Crippen molar-refractivity contribution >= 4 is 17.2 Å². The molecule has 1 aliphatic heterocycles. The molecule has 180 valence electrons. The van der Waals surface area contributed by atoms with Crippen LogP contribution in [0.2, 0.25) is 0 Å². The van der Waals surface area contributed by atoms with Crippen LogP contribution in [0.3, 0.4) is 0 Å². The Hall–Kier alpha value is -3.55. The molecule has 1 N–H and O–H groups in total. The van der Waals surface area contributed by atoms with Gasteiger partial charge < -0.3 is 9.88 Å². The largest absolute Gasteiger partial charge is 0.353 e. The quantitative estimate of drug-likeness (QED) is 0.488. The number of fused-ring (bicyclic) bond motifs is 2. The highest BCUT2D eigenvalue weighted by Gasteiger charge is 2.37. The predicted octanol–water partition coefficient (Wildman–Crippen LogP) is 3.84. The number of carbonyl (C=O) groups is 1. The van der Waals surface area contributed by atoms with Crippen LogP contribution in [-0.2, 0) is 23.1 Å². The SMILES string of the molecule is Cc1nc(C2CCN(c3nccn4nc(Cc5ccc6c(c5)CC(=O)C6(C)C)nc34)CC2)[nH]c1C. The second kappa shape index (κ2) is 8.00. The average Bonchev–Trinajstić information content (AvgIpc) is 3.47. The van der Waals surface area contributed by atoms with Crippen LogP contribution in [0, 0.1) is 13.8 Å². The molecule has 1 aliphatic carbocycles. The first kappa shape index (κ1) is 21.9. The number of aromatic nitrogens is 6. The number of carbonyl (C=O) groups excluding carboxylic acids is 1. The highest BCUT2D eigenvalue weighted by atomic mass is 16.1. The topological polar surface area (TPSA) is 92.1 Å². The van der Waals surface area contributed by atoms with E-state index in [2.05, 4.69) is 46.9 Å². The Bertz CT molecular complexity index is 1420. The number of hydrogen-bond donors (Lipinski definition) is 1. The van der Waals surface area contributed by atoms with Crippen molar-refractivity contribution in [2.75, 3.05) is 18.0 Å². The maximum absolute atomic E-state index is 12.4. The van der Waals surface area contributed by atoms with Gasteiger partial charge in [0.2, 0.25) is 0 Å². The number of anilines is 1. The molecular weight excluding hydrogens is 438 g/mol. The number of piperidine rings is 1. The molecule has 2 aliphatic rings. The van der Waals surface area contributed by atoms with Gasteiger partial charge in [-0.25, -0.2) is 19.5 Å². The number of ketones is 1. The summed E-state index contributed by atoms with van der Waals surface area (Å²) >= 11 is 0. The Morgan fingerprint density at radius 3 is 2.69 bits per heavy atom. The van der Waals surface area contributed by atoms with Gasteiger partial charge in [0.1, 0.15) is 11.6 Å². The summed E-state index contributed by atoms with van der Waals surface area (Å²) in [6.45, 7) is 9.98. The third-order valence-corrected chi connectivity index (χ3v) is 7.86. The number of aromatic amines is 1. The van der Waals surface area contributed by atoms with Crippen molar-refractivity contribution in [3.05, 3.63) is 70.3 Å². The molecule has 1 aromatic carbocycles. The number of imidazole rings is 1. The zero-order chi connectivity index (χ0) is 24.3. The number of benzene rings is 1. The van der Waals surface area contributed by atoms with Crippen LogP contribution >= 0.6 is 0 Å². The van der Waals surface area contributed by atoms with E-state index in [4.69, 9.17) is 15.1 Å². The molecule has 8 heteroatoms. The molecule has 0 bridgehead atoms. The van der Waals surface area contributed by atoms with Crippen LogP contribution in [0.25, 0.3) is 5.65 Å². The van der Waals surface area contributed by atoms with Crippen LogP contribution in [0.1, 0.15) is 72.3 Å². The molecule has 8 nitrogen and oxygen atoms in total. The number of rotatable bonds is 4. The molecule has 0 spiro atoms. The number of Topliss-reactive ketones (excluding diaryl/α,β-unsaturated/α-hetero) is 1. The van der Waals surface area contributed by atoms with Gasteiger partial charge in [-0.1, -0.05) is 18.2 Å². The minimum atomic E-state index is -0.391. The van der Waals surface area contributed by atoms with E-state index >= 15 is 0 Å².